The Morgan fingerprint density at radius 1 is 1.17 bits per heavy atom. The van der Waals surface area contributed by atoms with Gasteiger partial charge in [-0.3, -0.25) is 0 Å². The van der Waals surface area contributed by atoms with Gasteiger partial charge in [-0.2, -0.15) is 0 Å². The van der Waals surface area contributed by atoms with Crippen LogP contribution in [0.15, 0.2) is 42.5 Å². The predicted molar refractivity (Wildman–Crippen MR) is 72.3 cm³/mol. The van der Waals surface area contributed by atoms with E-state index in [4.69, 9.17) is 10.8 Å². The lowest BCUT2D eigenvalue weighted by atomic mass is 10.1. The van der Waals surface area contributed by atoms with Gasteiger partial charge >= 0.3 is 5.97 Å². The van der Waals surface area contributed by atoms with E-state index < -0.39 is 5.97 Å². The number of benzene rings is 2. The first-order valence-electron chi connectivity index (χ1n) is 5.54. The Labute approximate surface area is 105 Å². The van der Waals surface area contributed by atoms with Crippen molar-refractivity contribution in [1.82, 2.24) is 0 Å². The van der Waals surface area contributed by atoms with Crippen molar-refractivity contribution in [2.75, 3.05) is 11.1 Å². The first kappa shape index (κ1) is 12.0. The Hall–Kier alpha value is -2.49. The number of carbonyl (C=O) groups is 1. The van der Waals surface area contributed by atoms with Gasteiger partial charge in [0.1, 0.15) is 0 Å². The number of nitrogen functional groups attached to an aromatic ring is 1. The number of hydrogen-bond acceptors (Lipinski definition) is 3. The molecule has 4 nitrogen and oxygen atoms in total. The summed E-state index contributed by atoms with van der Waals surface area (Å²) in [7, 11) is 0. The zero-order valence-corrected chi connectivity index (χ0v) is 9.97. The maximum absolute atomic E-state index is 11.2. The smallest absolute Gasteiger partial charge is 0.337 e. The highest BCUT2D eigenvalue weighted by Crippen LogP contribution is 2.28. The topological polar surface area (TPSA) is 75.3 Å². The quantitative estimate of drug-likeness (QED) is 0.723. The number of hydrogen-bond donors (Lipinski definition) is 3. The number of rotatable bonds is 3. The Bertz CT molecular complexity index is 594. The number of nitrogens with two attached hydrogens (primary N) is 1. The number of aromatic carboxylic acids is 1. The van der Waals surface area contributed by atoms with E-state index in [0.29, 0.717) is 11.4 Å². The summed E-state index contributed by atoms with van der Waals surface area (Å²) >= 11 is 0. The summed E-state index contributed by atoms with van der Waals surface area (Å²) in [4.78, 5) is 11.2. The lowest BCUT2D eigenvalue weighted by molar-refractivity contribution is 0.0698. The van der Waals surface area contributed by atoms with E-state index in [1.54, 1.807) is 12.1 Å². The van der Waals surface area contributed by atoms with Crippen molar-refractivity contribution < 1.29 is 9.90 Å². The average molecular weight is 242 g/mol. The van der Waals surface area contributed by atoms with Gasteiger partial charge in [-0.15, -0.1) is 0 Å². The summed E-state index contributed by atoms with van der Waals surface area (Å²) in [6, 6.07) is 12.5. The average Bonchev–Trinajstić information content (AvgIpc) is 2.34. The van der Waals surface area contributed by atoms with Gasteiger partial charge in [-0.25, -0.2) is 4.79 Å². The van der Waals surface area contributed by atoms with Crippen molar-refractivity contribution in [1.29, 1.82) is 0 Å². The summed E-state index contributed by atoms with van der Waals surface area (Å²) in [5.74, 6) is -1.00. The summed E-state index contributed by atoms with van der Waals surface area (Å²) < 4.78 is 0. The molecule has 4 heteroatoms. The van der Waals surface area contributed by atoms with E-state index in [-0.39, 0.29) is 5.56 Å². The van der Waals surface area contributed by atoms with Crippen molar-refractivity contribution in [3.63, 3.8) is 0 Å². The predicted octanol–water partition coefficient (Wildman–Crippen LogP) is 3.02. The molecule has 0 saturated carbocycles. The normalized spacial score (nSPS) is 10.1. The van der Waals surface area contributed by atoms with Crippen LogP contribution in [0.2, 0.25) is 0 Å². The van der Waals surface area contributed by atoms with Crippen LogP contribution in [0, 0.1) is 6.92 Å². The molecule has 2 aromatic carbocycles. The summed E-state index contributed by atoms with van der Waals surface area (Å²) in [6.45, 7) is 1.95. The fourth-order valence-corrected chi connectivity index (χ4v) is 1.74. The second kappa shape index (κ2) is 4.79. The molecule has 92 valence electrons. The minimum absolute atomic E-state index is 0.165. The maximum Gasteiger partial charge on any atom is 0.337 e. The van der Waals surface area contributed by atoms with Crippen LogP contribution in [-0.2, 0) is 0 Å². The first-order chi connectivity index (χ1) is 8.59. The molecule has 0 aromatic heterocycles. The van der Waals surface area contributed by atoms with E-state index in [9.17, 15) is 4.79 Å². The largest absolute Gasteiger partial charge is 0.478 e. The number of para-hydroxylation sites is 2. The molecule has 18 heavy (non-hydrogen) atoms. The third-order valence-corrected chi connectivity index (χ3v) is 2.73. The van der Waals surface area contributed by atoms with Crippen LogP contribution in [0.3, 0.4) is 0 Å². The molecule has 0 radical (unpaired) electrons. The fraction of sp³-hybridized carbons (Fsp3) is 0.0714. The fourth-order valence-electron chi connectivity index (χ4n) is 1.74. The molecule has 0 aliphatic rings. The highest BCUT2D eigenvalue weighted by molar-refractivity contribution is 5.98. The molecule has 0 saturated heterocycles. The highest BCUT2D eigenvalue weighted by atomic mass is 16.4. The number of nitrogens with one attached hydrogen (secondary N) is 1. The monoisotopic (exact) mass is 242 g/mol. The maximum atomic E-state index is 11.2. The zero-order chi connectivity index (χ0) is 13.1. The molecule has 0 spiro atoms. The van der Waals surface area contributed by atoms with Crippen molar-refractivity contribution in [3.05, 3.63) is 53.6 Å². The molecule has 0 amide bonds. The third-order valence-electron chi connectivity index (χ3n) is 2.73. The Kier molecular flexibility index (Phi) is 3.19. The molecule has 0 aliphatic heterocycles. The standard InChI is InChI=1S/C14H14N2O2/c1-9-5-2-3-8-12(9)16-13-10(14(17)18)6-4-7-11(13)15/h2-8,16H,15H2,1H3,(H,17,18). The number of carboxylic acid groups (broad SMARTS) is 1. The van der Waals surface area contributed by atoms with Crippen LogP contribution in [0.25, 0.3) is 0 Å². The van der Waals surface area contributed by atoms with E-state index in [1.807, 2.05) is 31.2 Å². The minimum atomic E-state index is -1.00. The lowest BCUT2D eigenvalue weighted by Crippen LogP contribution is -2.06. The zero-order valence-electron chi connectivity index (χ0n) is 9.97. The van der Waals surface area contributed by atoms with Gasteiger partial charge < -0.3 is 16.2 Å². The van der Waals surface area contributed by atoms with Gasteiger partial charge in [-0.05, 0) is 30.7 Å². The minimum Gasteiger partial charge on any atom is -0.478 e. The molecule has 0 aliphatic carbocycles. The SMILES string of the molecule is Cc1ccccc1Nc1c(N)cccc1C(=O)O. The van der Waals surface area contributed by atoms with Crippen LogP contribution in [0.1, 0.15) is 15.9 Å². The second-order valence-electron chi connectivity index (χ2n) is 4.01. The third kappa shape index (κ3) is 2.27. The second-order valence-corrected chi connectivity index (χ2v) is 4.01. The molecule has 0 atom stereocenters. The summed E-state index contributed by atoms with van der Waals surface area (Å²) in [5, 5.41) is 12.2. The molecule has 2 aromatic rings. The van der Waals surface area contributed by atoms with Crippen LogP contribution < -0.4 is 11.1 Å². The molecule has 0 unspecified atom stereocenters. The molecule has 0 bridgehead atoms. The van der Waals surface area contributed by atoms with Gasteiger partial charge in [0.25, 0.3) is 0 Å². The highest BCUT2D eigenvalue weighted by Gasteiger charge is 2.13. The summed E-state index contributed by atoms with van der Waals surface area (Å²) in [5.41, 5.74) is 8.71. The molecular formula is C14H14N2O2. The molecule has 0 fully saturated rings. The Balaban J connectivity index is 2.46. The Morgan fingerprint density at radius 3 is 2.56 bits per heavy atom. The van der Waals surface area contributed by atoms with E-state index in [1.165, 1.54) is 6.07 Å². The van der Waals surface area contributed by atoms with E-state index in [2.05, 4.69) is 5.32 Å². The molecule has 2 rings (SSSR count). The molecule has 0 heterocycles. The molecular weight excluding hydrogens is 228 g/mol. The number of carboxylic acids is 1. The number of aryl methyl sites for hydroxylation is 1. The van der Waals surface area contributed by atoms with Crippen molar-refractivity contribution in [3.8, 4) is 0 Å². The van der Waals surface area contributed by atoms with Crippen molar-refractivity contribution >= 4 is 23.0 Å². The Morgan fingerprint density at radius 2 is 1.89 bits per heavy atom. The lowest BCUT2D eigenvalue weighted by Gasteiger charge is -2.13. The van der Waals surface area contributed by atoms with Crippen LogP contribution in [-0.4, -0.2) is 11.1 Å². The van der Waals surface area contributed by atoms with Crippen molar-refractivity contribution in [2.24, 2.45) is 0 Å². The van der Waals surface area contributed by atoms with Gasteiger partial charge in [0.05, 0.1) is 16.9 Å². The van der Waals surface area contributed by atoms with Crippen LogP contribution in [0.4, 0.5) is 17.1 Å². The van der Waals surface area contributed by atoms with Crippen LogP contribution >= 0.6 is 0 Å². The summed E-state index contributed by atoms with van der Waals surface area (Å²) in [6.07, 6.45) is 0. The molecule has 4 N–H and O–H groups in total. The van der Waals surface area contributed by atoms with Crippen LogP contribution in [0.5, 0.6) is 0 Å². The van der Waals surface area contributed by atoms with Gasteiger partial charge in [0, 0.05) is 5.69 Å². The van der Waals surface area contributed by atoms with Crippen molar-refractivity contribution in [2.45, 2.75) is 6.92 Å². The van der Waals surface area contributed by atoms with E-state index in [0.717, 1.165) is 11.3 Å². The van der Waals surface area contributed by atoms with Gasteiger partial charge in [-0.1, -0.05) is 24.3 Å². The van der Waals surface area contributed by atoms with E-state index >= 15 is 0 Å². The number of anilines is 3. The van der Waals surface area contributed by atoms with Gasteiger partial charge in [0.2, 0.25) is 0 Å². The first-order valence-corrected chi connectivity index (χ1v) is 5.54. The van der Waals surface area contributed by atoms with Gasteiger partial charge in [0.15, 0.2) is 0 Å².